The molecule has 5 nitrogen and oxygen atoms in total. The molecule has 0 aliphatic carbocycles. The molecule has 1 heterocycles. The first-order valence-electron chi connectivity index (χ1n) is 5.09. The van der Waals surface area contributed by atoms with Crippen molar-refractivity contribution in [1.29, 1.82) is 0 Å². The van der Waals surface area contributed by atoms with Crippen LogP contribution in [0.5, 0.6) is 0 Å². The summed E-state index contributed by atoms with van der Waals surface area (Å²) < 4.78 is 26.0. The Balaban J connectivity index is 2.55. The van der Waals surface area contributed by atoms with Crippen molar-refractivity contribution in [1.82, 2.24) is 15.0 Å². The Labute approximate surface area is 96.3 Å². The van der Waals surface area contributed by atoms with E-state index in [9.17, 15) is 8.42 Å². The van der Waals surface area contributed by atoms with Gasteiger partial charge in [-0.25, -0.2) is 13.1 Å². The minimum Gasteiger partial charge on any atom is -0.318 e. The van der Waals surface area contributed by atoms with E-state index in [1.165, 1.54) is 0 Å². The van der Waals surface area contributed by atoms with Gasteiger partial charge in [0.25, 0.3) is 0 Å². The molecule has 90 valence electrons. The van der Waals surface area contributed by atoms with Gasteiger partial charge in [0.15, 0.2) is 0 Å². The summed E-state index contributed by atoms with van der Waals surface area (Å²) in [5.41, 5.74) is 0.711. The molecule has 1 aromatic rings. The Morgan fingerprint density at radius 1 is 1.44 bits per heavy atom. The molecular formula is C10H17N3O2S. The standard InChI is InChI=1S/C10H17N3O2S/c1-9(7-11-2)16(14,15)13-8-10-5-3-4-6-12-10/h3-6,9,11,13H,7-8H2,1-2H3. The molecule has 1 aromatic heterocycles. The van der Waals surface area contributed by atoms with E-state index in [4.69, 9.17) is 0 Å². The molecule has 0 radical (unpaired) electrons. The second-order valence-electron chi connectivity index (χ2n) is 3.56. The van der Waals surface area contributed by atoms with E-state index in [1.54, 1.807) is 32.3 Å². The van der Waals surface area contributed by atoms with Gasteiger partial charge in [-0.1, -0.05) is 6.07 Å². The van der Waals surface area contributed by atoms with Gasteiger partial charge in [-0.3, -0.25) is 4.98 Å². The molecule has 0 fully saturated rings. The molecule has 0 aliphatic heterocycles. The summed E-state index contributed by atoms with van der Waals surface area (Å²) >= 11 is 0. The van der Waals surface area contributed by atoms with Crippen molar-refractivity contribution < 1.29 is 8.42 Å². The van der Waals surface area contributed by atoms with Crippen molar-refractivity contribution in [2.24, 2.45) is 0 Å². The third-order valence-electron chi connectivity index (χ3n) is 2.20. The lowest BCUT2D eigenvalue weighted by atomic mass is 10.4. The van der Waals surface area contributed by atoms with Crippen molar-refractivity contribution in [3.63, 3.8) is 0 Å². The van der Waals surface area contributed by atoms with Gasteiger partial charge in [-0.05, 0) is 26.1 Å². The third-order valence-corrected chi connectivity index (χ3v) is 3.97. The monoisotopic (exact) mass is 243 g/mol. The number of rotatable bonds is 6. The summed E-state index contributed by atoms with van der Waals surface area (Å²) in [5.74, 6) is 0. The van der Waals surface area contributed by atoms with Crippen LogP contribution >= 0.6 is 0 Å². The lowest BCUT2D eigenvalue weighted by molar-refractivity contribution is 0.562. The van der Waals surface area contributed by atoms with Crippen molar-refractivity contribution in [2.45, 2.75) is 18.7 Å². The summed E-state index contributed by atoms with van der Waals surface area (Å²) in [4.78, 5) is 4.04. The average Bonchev–Trinajstić information content (AvgIpc) is 2.28. The van der Waals surface area contributed by atoms with Gasteiger partial charge >= 0.3 is 0 Å². The van der Waals surface area contributed by atoms with Crippen LogP contribution in [0.1, 0.15) is 12.6 Å². The van der Waals surface area contributed by atoms with Crippen LogP contribution in [0.3, 0.4) is 0 Å². The highest BCUT2D eigenvalue weighted by molar-refractivity contribution is 7.90. The summed E-state index contributed by atoms with van der Waals surface area (Å²) in [7, 11) is -1.55. The highest BCUT2D eigenvalue weighted by Crippen LogP contribution is 1.99. The lowest BCUT2D eigenvalue weighted by Crippen LogP contribution is -2.37. The Hall–Kier alpha value is -0.980. The van der Waals surface area contributed by atoms with Crippen LogP contribution < -0.4 is 10.0 Å². The normalized spacial score (nSPS) is 13.6. The second-order valence-corrected chi connectivity index (χ2v) is 5.74. The van der Waals surface area contributed by atoms with E-state index in [2.05, 4.69) is 15.0 Å². The van der Waals surface area contributed by atoms with E-state index >= 15 is 0 Å². The average molecular weight is 243 g/mol. The fraction of sp³-hybridized carbons (Fsp3) is 0.500. The largest absolute Gasteiger partial charge is 0.318 e. The molecule has 0 aromatic carbocycles. The summed E-state index contributed by atoms with van der Waals surface area (Å²) in [6.07, 6.45) is 1.64. The molecule has 0 saturated heterocycles. The zero-order valence-electron chi connectivity index (χ0n) is 9.47. The van der Waals surface area contributed by atoms with Crippen molar-refractivity contribution in [3.05, 3.63) is 30.1 Å². The van der Waals surface area contributed by atoms with Gasteiger partial charge in [-0.15, -0.1) is 0 Å². The minimum absolute atomic E-state index is 0.233. The maximum Gasteiger partial charge on any atom is 0.215 e. The summed E-state index contributed by atoms with van der Waals surface area (Å²) in [6, 6.07) is 5.40. The Bertz CT molecular complexity index is 405. The Morgan fingerprint density at radius 3 is 2.75 bits per heavy atom. The highest BCUT2D eigenvalue weighted by Gasteiger charge is 2.19. The third kappa shape index (κ3) is 3.88. The van der Waals surface area contributed by atoms with E-state index in [0.717, 1.165) is 0 Å². The van der Waals surface area contributed by atoms with Crippen LogP contribution in [-0.4, -0.2) is 32.2 Å². The van der Waals surface area contributed by atoms with Crippen LogP contribution in [-0.2, 0) is 16.6 Å². The van der Waals surface area contributed by atoms with E-state index in [-0.39, 0.29) is 6.54 Å². The maximum absolute atomic E-state index is 11.7. The van der Waals surface area contributed by atoms with Gasteiger partial charge in [0.05, 0.1) is 17.5 Å². The zero-order valence-corrected chi connectivity index (χ0v) is 10.3. The minimum atomic E-state index is -3.27. The quantitative estimate of drug-likeness (QED) is 0.744. The Kier molecular flexibility index (Phi) is 4.85. The SMILES string of the molecule is CNCC(C)S(=O)(=O)NCc1ccccn1. The van der Waals surface area contributed by atoms with E-state index in [0.29, 0.717) is 12.2 Å². The Morgan fingerprint density at radius 2 is 2.19 bits per heavy atom. The number of aromatic nitrogens is 1. The molecule has 0 aliphatic rings. The van der Waals surface area contributed by atoms with Gasteiger partial charge in [0.2, 0.25) is 10.0 Å². The number of hydrogen-bond acceptors (Lipinski definition) is 4. The summed E-state index contributed by atoms with van der Waals surface area (Å²) in [5, 5.41) is 2.38. The molecule has 2 N–H and O–H groups in total. The van der Waals surface area contributed by atoms with Crippen LogP contribution in [0.15, 0.2) is 24.4 Å². The number of sulfonamides is 1. The van der Waals surface area contributed by atoms with Crippen LogP contribution in [0, 0.1) is 0 Å². The molecule has 16 heavy (non-hydrogen) atoms. The predicted octanol–water partition coefficient (Wildman–Crippen LogP) is 0.109. The number of hydrogen-bond donors (Lipinski definition) is 2. The first-order valence-corrected chi connectivity index (χ1v) is 6.64. The molecule has 1 rings (SSSR count). The topological polar surface area (TPSA) is 71.1 Å². The molecule has 1 atom stereocenters. The molecule has 0 saturated carbocycles. The maximum atomic E-state index is 11.7. The first-order chi connectivity index (χ1) is 7.56. The fourth-order valence-corrected chi connectivity index (χ4v) is 2.24. The molecular weight excluding hydrogens is 226 g/mol. The highest BCUT2D eigenvalue weighted by atomic mass is 32.2. The smallest absolute Gasteiger partial charge is 0.215 e. The summed E-state index contributed by atoms with van der Waals surface area (Å²) in [6.45, 7) is 2.33. The van der Waals surface area contributed by atoms with Crippen molar-refractivity contribution in [3.8, 4) is 0 Å². The van der Waals surface area contributed by atoms with Crippen LogP contribution in [0.2, 0.25) is 0 Å². The number of pyridine rings is 1. The molecule has 0 spiro atoms. The predicted molar refractivity (Wildman–Crippen MR) is 63.4 cm³/mol. The molecule has 0 amide bonds. The number of nitrogens with zero attached hydrogens (tertiary/aromatic N) is 1. The van der Waals surface area contributed by atoms with Crippen molar-refractivity contribution in [2.75, 3.05) is 13.6 Å². The molecule has 6 heteroatoms. The first kappa shape index (κ1) is 13.1. The molecule has 1 unspecified atom stereocenters. The molecule has 0 bridgehead atoms. The van der Waals surface area contributed by atoms with Gasteiger partial charge in [-0.2, -0.15) is 0 Å². The van der Waals surface area contributed by atoms with Gasteiger partial charge < -0.3 is 5.32 Å². The lowest BCUT2D eigenvalue weighted by Gasteiger charge is -2.12. The van der Waals surface area contributed by atoms with Crippen molar-refractivity contribution >= 4 is 10.0 Å². The van der Waals surface area contributed by atoms with Crippen LogP contribution in [0.25, 0.3) is 0 Å². The van der Waals surface area contributed by atoms with E-state index < -0.39 is 15.3 Å². The van der Waals surface area contributed by atoms with Gasteiger partial charge in [0.1, 0.15) is 0 Å². The van der Waals surface area contributed by atoms with Crippen LogP contribution in [0.4, 0.5) is 0 Å². The van der Waals surface area contributed by atoms with Gasteiger partial charge in [0, 0.05) is 12.7 Å². The number of nitrogens with one attached hydrogen (secondary N) is 2. The fourth-order valence-electron chi connectivity index (χ4n) is 1.22. The van der Waals surface area contributed by atoms with E-state index in [1.807, 2.05) is 6.07 Å². The zero-order chi connectivity index (χ0) is 12.0. The second kappa shape index (κ2) is 5.93.